The van der Waals surface area contributed by atoms with Crippen LogP contribution in [0.4, 0.5) is 0 Å². The Balaban J connectivity index is 2.42. The summed E-state index contributed by atoms with van der Waals surface area (Å²) in [7, 11) is 0. The van der Waals surface area contributed by atoms with Crippen LogP contribution in [0.15, 0.2) is 0 Å². The summed E-state index contributed by atoms with van der Waals surface area (Å²) < 4.78 is 0. The first-order valence-corrected chi connectivity index (χ1v) is 6.79. The fourth-order valence-corrected chi connectivity index (χ4v) is 2.90. The minimum atomic E-state index is 0.849. The molecule has 90 valence electrons. The Morgan fingerprint density at radius 2 is 1.67 bits per heavy atom. The van der Waals surface area contributed by atoms with Crippen molar-refractivity contribution in [1.82, 2.24) is 4.90 Å². The van der Waals surface area contributed by atoms with E-state index in [0.717, 1.165) is 18.6 Å². The smallest absolute Gasteiger partial charge is 0.00955 e. The van der Waals surface area contributed by atoms with Gasteiger partial charge in [-0.25, -0.2) is 0 Å². The number of unbranched alkanes of at least 4 members (excludes halogenated alkanes) is 1. The predicted octanol–water partition coefficient (Wildman–Crippen LogP) is 2.77. The van der Waals surface area contributed by atoms with E-state index >= 15 is 0 Å². The molecule has 0 bridgehead atoms. The van der Waals surface area contributed by atoms with Gasteiger partial charge >= 0.3 is 0 Å². The highest BCUT2D eigenvalue weighted by molar-refractivity contribution is 4.83. The molecule has 1 fully saturated rings. The molecule has 2 atom stereocenters. The quantitative estimate of drug-likeness (QED) is 0.686. The maximum Gasteiger partial charge on any atom is 0.00955 e. The highest BCUT2D eigenvalue weighted by Gasteiger charge is 2.27. The normalized spacial score (nSPS) is 28.2. The molecule has 0 aromatic heterocycles. The minimum absolute atomic E-state index is 0.849. The van der Waals surface area contributed by atoms with Crippen LogP contribution in [0.25, 0.3) is 0 Å². The van der Waals surface area contributed by atoms with Crippen molar-refractivity contribution in [3.05, 3.63) is 0 Å². The molecule has 0 spiro atoms. The zero-order valence-corrected chi connectivity index (χ0v) is 10.5. The molecule has 2 heteroatoms. The first kappa shape index (κ1) is 13.0. The summed E-state index contributed by atoms with van der Waals surface area (Å²) in [6, 6.07) is 1.70. The maximum atomic E-state index is 5.56. The number of nitrogens with two attached hydrogens (primary N) is 1. The Hall–Kier alpha value is -0.0800. The van der Waals surface area contributed by atoms with Gasteiger partial charge < -0.3 is 5.73 Å². The van der Waals surface area contributed by atoms with Crippen molar-refractivity contribution in [1.29, 1.82) is 0 Å². The fraction of sp³-hybridized carbons (Fsp3) is 1.00. The molecule has 1 rings (SSSR count). The topological polar surface area (TPSA) is 29.3 Å². The van der Waals surface area contributed by atoms with Crippen LogP contribution in [-0.2, 0) is 0 Å². The summed E-state index contributed by atoms with van der Waals surface area (Å²) in [5.41, 5.74) is 5.56. The van der Waals surface area contributed by atoms with Gasteiger partial charge in [-0.2, -0.15) is 0 Å². The molecule has 1 heterocycles. The van der Waals surface area contributed by atoms with E-state index in [2.05, 4.69) is 18.7 Å². The molecule has 0 radical (unpaired) electrons. The van der Waals surface area contributed by atoms with Gasteiger partial charge in [-0.05, 0) is 51.6 Å². The zero-order valence-electron chi connectivity index (χ0n) is 10.5. The monoisotopic (exact) mass is 212 g/mol. The maximum absolute atomic E-state index is 5.56. The van der Waals surface area contributed by atoms with Crippen LogP contribution < -0.4 is 5.73 Å². The first-order valence-electron chi connectivity index (χ1n) is 6.79. The van der Waals surface area contributed by atoms with Gasteiger partial charge in [0.25, 0.3) is 0 Å². The van der Waals surface area contributed by atoms with Crippen LogP contribution in [0.3, 0.4) is 0 Å². The van der Waals surface area contributed by atoms with E-state index in [-0.39, 0.29) is 0 Å². The molecule has 0 aliphatic carbocycles. The lowest BCUT2D eigenvalue weighted by molar-refractivity contribution is 0.0760. The number of nitrogens with zero attached hydrogens (tertiary/aromatic N) is 1. The van der Waals surface area contributed by atoms with E-state index < -0.39 is 0 Å². The van der Waals surface area contributed by atoms with Gasteiger partial charge in [-0.3, -0.25) is 4.90 Å². The lowest BCUT2D eigenvalue weighted by Crippen LogP contribution is -2.46. The number of rotatable bonds is 6. The summed E-state index contributed by atoms with van der Waals surface area (Å²) in [6.07, 6.45) is 9.36. The molecule has 2 nitrogen and oxygen atoms in total. The molecule has 15 heavy (non-hydrogen) atoms. The Bertz CT molecular complexity index is 147. The Kier molecular flexibility index (Phi) is 6.26. The summed E-state index contributed by atoms with van der Waals surface area (Å²) >= 11 is 0. The van der Waals surface area contributed by atoms with Crippen molar-refractivity contribution in [2.45, 2.75) is 70.9 Å². The molecular formula is C13H28N2. The average Bonchev–Trinajstić information content (AvgIpc) is 2.29. The van der Waals surface area contributed by atoms with E-state index in [1.807, 2.05) is 0 Å². The Morgan fingerprint density at radius 3 is 2.13 bits per heavy atom. The van der Waals surface area contributed by atoms with Crippen LogP contribution in [-0.4, -0.2) is 30.1 Å². The number of piperidine rings is 1. The number of likely N-dealkylation sites (tertiary alicyclic amines) is 1. The molecule has 1 saturated heterocycles. The van der Waals surface area contributed by atoms with Crippen LogP contribution in [0.1, 0.15) is 58.8 Å². The van der Waals surface area contributed by atoms with Crippen LogP contribution in [0, 0.1) is 0 Å². The molecule has 2 N–H and O–H groups in total. The predicted molar refractivity (Wildman–Crippen MR) is 67.0 cm³/mol. The van der Waals surface area contributed by atoms with Crippen molar-refractivity contribution in [3.63, 3.8) is 0 Å². The van der Waals surface area contributed by atoms with Crippen molar-refractivity contribution < 1.29 is 0 Å². The molecule has 1 aliphatic rings. The molecule has 0 aromatic carbocycles. The molecule has 0 amide bonds. The minimum Gasteiger partial charge on any atom is -0.330 e. The third kappa shape index (κ3) is 3.76. The van der Waals surface area contributed by atoms with Crippen molar-refractivity contribution in [3.8, 4) is 0 Å². The second-order valence-electron chi connectivity index (χ2n) is 4.79. The second kappa shape index (κ2) is 7.24. The zero-order chi connectivity index (χ0) is 11.1. The summed E-state index contributed by atoms with van der Waals surface area (Å²) in [6.45, 7) is 6.78. The molecule has 1 aliphatic heterocycles. The van der Waals surface area contributed by atoms with E-state index in [9.17, 15) is 0 Å². The Labute approximate surface area is 95.2 Å². The van der Waals surface area contributed by atoms with E-state index in [4.69, 9.17) is 5.73 Å². The number of hydrogen-bond donors (Lipinski definition) is 1. The summed E-state index contributed by atoms with van der Waals surface area (Å²) in [5, 5.41) is 0. The lowest BCUT2D eigenvalue weighted by atomic mass is 9.92. The van der Waals surface area contributed by atoms with Gasteiger partial charge in [0.2, 0.25) is 0 Å². The largest absolute Gasteiger partial charge is 0.330 e. The highest BCUT2D eigenvalue weighted by atomic mass is 15.2. The fourth-order valence-electron chi connectivity index (χ4n) is 2.90. The van der Waals surface area contributed by atoms with Gasteiger partial charge in [0.15, 0.2) is 0 Å². The Morgan fingerprint density at radius 1 is 1.07 bits per heavy atom. The lowest BCUT2D eigenvalue weighted by Gasteiger charge is -2.42. The van der Waals surface area contributed by atoms with Crippen molar-refractivity contribution >= 4 is 0 Å². The van der Waals surface area contributed by atoms with Crippen LogP contribution in [0.5, 0.6) is 0 Å². The second-order valence-corrected chi connectivity index (χ2v) is 4.79. The molecular weight excluding hydrogens is 184 g/mol. The van der Waals surface area contributed by atoms with Crippen LogP contribution >= 0.6 is 0 Å². The standard InChI is InChI=1S/C13H28N2/c1-3-12-8-7-9-13(4-2)15(12)11-6-5-10-14/h12-13H,3-11,14H2,1-2H3. The molecule has 2 unspecified atom stereocenters. The van der Waals surface area contributed by atoms with Crippen molar-refractivity contribution in [2.24, 2.45) is 5.73 Å². The average molecular weight is 212 g/mol. The van der Waals surface area contributed by atoms with Gasteiger partial charge in [0.1, 0.15) is 0 Å². The first-order chi connectivity index (χ1) is 7.33. The van der Waals surface area contributed by atoms with Gasteiger partial charge in [-0.15, -0.1) is 0 Å². The van der Waals surface area contributed by atoms with Crippen LogP contribution in [0.2, 0.25) is 0 Å². The summed E-state index contributed by atoms with van der Waals surface area (Å²) in [4.78, 5) is 2.76. The molecule has 0 saturated carbocycles. The summed E-state index contributed by atoms with van der Waals surface area (Å²) in [5.74, 6) is 0. The SMILES string of the molecule is CCC1CCCC(CC)N1CCCCN. The van der Waals surface area contributed by atoms with Gasteiger partial charge in [0, 0.05) is 12.1 Å². The third-order valence-corrected chi connectivity index (χ3v) is 3.83. The van der Waals surface area contributed by atoms with Gasteiger partial charge in [0.05, 0.1) is 0 Å². The van der Waals surface area contributed by atoms with E-state index in [0.29, 0.717) is 0 Å². The van der Waals surface area contributed by atoms with E-state index in [1.165, 1.54) is 51.5 Å². The highest BCUT2D eigenvalue weighted by Crippen LogP contribution is 2.26. The number of hydrogen-bond acceptors (Lipinski definition) is 2. The van der Waals surface area contributed by atoms with Gasteiger partial charge in [-0.1, -0.05) is 20.3 Å². The van der Waals surface area contributed by atoms with Crippen molar-refractivity contribution in [2.75, 3.05) is 13.1 Å². The molecule has 0 aromatic rings. The third-order valence-electron chi connectivity index (χ3n) is 3.83. The van der Waals surface area contributed by atoms with E-state index in [1.54, 1.807) is 0 Å².